The van der Waals surface area contributed by atoms with E-state index in [1.54, 1.807) is 4.90 Å². The van der Waals surface area contributed by atoms with Crippen LogP contribution in [-0.4, -0.2) is 59.9 Å². The van der Waals surface area contributed by atoms with Crippen molar-refractivity contribution in [2.75, 3.05) is 26.2 Å². The molecule has 0 aliphatic carbocycles. The van der Waals surface area contributed by atoms with Gasteiger partial charge in [-0.25, -0.2) is 0 Å². The van der Waals surface area contributed by atoms with E-state index in [9.17, 15) is 22.8 Å². The molecule has 9 heteroatoms. The molecule has 1 N–H and O–H groups in total. The number of benzene rings is 3. The number of piperazine rings is 1. The average molecular weight is 580 g/mol. The van der Waals surface area contributed by atoms with Gasteiger partial charge in [-0.05, 0) is 60.9 Å². The summed E-state index contributed by atoms with van der Waals surface area (Å²) in [6.45, 7) is 7.23. The average Bonchev–Trinajstić information content (AvgIpc) is 2.97. The molecule has 1 aliphatic rings. The molecule has 222 valence electrons. The number of ether oxygens (including phenoxy) is 1. The molecule has 1 unspecified atom stereocenters. The molecule has 1 atom stereocenters. The first-order valence-corrected chi connectivity index (χ1v) is 14.0. The van der Waals surface area contributed by atoms with Crippen LogP contribution in [0.3, 0.4) is 0 Å². The quantitative estimate of drug-likeness (QED) is 0.319. The SMILES string of the molecule is CC(C)Oc1ccc(CN2CCN(C(=O)C(Cc3ccccc3)NC(=O)C=Cc3ccc(C(F)(F)F)cc3)CC2)cc1. The van der Waals surface area contributed by atoms with Crippen LogP contribution in [0.25, 0.3) is 6.08 Å². The third-order valence-corrected chi connectivity index (χ3v) is 6.95. The van der Waals surface area contributed by atoms with Crippen LogP contribution < -0.4 is 10.1 Å². The smallest absolute Gasteiger partial charge is 0.416 e. The number of nitrogens with one attached hydrogen (secondary N) is 1. The van der Waals surface area contributed by atoms with Gasteiger partial charge in [0.2, 0.25) is 11.8 Å². The van der Waals surface area contributed by atoms with Crippen molar-refractivity contribution in [2.45, 2.75) is 45.1 Å². The third-order valence-electron chi connectivity index (χ3n) is 6.95. The van der Waals surface area contributed by atoms with E-state index in [0.717, 1.165) is 30.0 Å². The summed E-state index contributed by atoms with van der Waals surface area (Å²) in [6.07, 6.45) is -1.31. The Morgan fingerprint density at radius 3 is 2.12 bits per heavy atom. The number of hydrogen-bond donors (Lipinski definition) is 1. The van der Waals surface area contributed by atoms with Crippen LogP contribution >= 0.6 is 0 Å². The molecule has 1 aliphatic heterocycles. The summed E-state index contributed by atoms with van der Waals surface area (Å²) >= 11 is 0. The molecule has 1 heterocycles. The van der Waals surface area contributed by atoms with Gasteiger partial charge in [-0.2, -0.15) is 13.2 Å². The highest BCUT2D eigenvalue weighted by atomic mass is 19.4. The molecule has 0 aromatic heterocycles. The largest absolute Gasteiger partial charge is 0.491 e. The molecule has 0 spiro atoms. The maximum Gasteiger partial charge on any atom is 0.416 e. The first-order valence-electron chi connectivity index (χ1n) is 14.0. The van der Waals surface area contributed by atoms with Gasteiger partial charge in [0.15, 0.2) is 0 Å². The second-order valence-electron chi connectivity index (χ2n) is 10.6. The third kappa shape index (κ3) is 9.21. The molecule has 1 fully saturated rings. The number of carbonyl (C=O) groups is 2. The van der Waals surface area contributed by atoms with Gasteiger partial charge >= 0.3 is 6.18 Å². The lowest BCUT2D eigenvalue weighted by Gasteiger charge is -2.36. The van der Waals surface area contributed by atoms with Crippen molar-refractivity contribution in [3.63, 3.8) is 0 Å². The Balaban J connectivity index is 1.35. The van der Waals surface area contributed by atoms with Gasteiger partial charge in [0.05, 0.1) is 11.7 Å². The Kier molecular flexibility index (Phi) is 10.4. The van der Waals surface area contributed by atoms with Gasteiger partial charge in [0.1, 0.15) is 11.8 Å². The molecular formula is C33H36F3N3O3. The van der Waals surface area contributed by atoms with Crippen molar-refractivity contribution < 1.29 is 27.5 Å². The zero-order valence-electron chi connectivity index (χ0n) is 23.8. The fourth-order valence-corrected chi connectivity index (χ4v) is 4.78. The first kappa shape index (κ1) is 30.8. The van der Waals surface area contributed by atoms with E-state index in [2.05, 4.69) is 22.3 Å². The van der Waals surface area contributed by atoms with Crippen LogP contribution in [0.1, 0.15) is 36.1 Å². The molecule has 3 aromatic rings. The molecule has 1 saturated heterocycles. The summed E-state index contributed by atoms with van der Waals surface area (Å²) in [5, 5.41) is 2.82. The molecule has 0 bridgehead atoms. The highest BCUT2D eigenvalue weighted by Gasteiger charge is 2.30. The lowest BCUT2D eigenvalue weighted by Crippen LogP contribution is -2.55. The Labute approximate surface area is 244 Å². The maximum absolute atomic E-state index is 13.6. The number of carbonyl (C=O) groups excluding carboxylic acids is 2. The van der Waals surface area contributed by atoms with E-state index >= 15 is 0 Å². The predicted molar refractivity (Wildman–Crippen MR) is 157 cm³/mol. The number of nitrogens with zero attached hydrogens (tertiary/aromatic N) is 2. The summed E-state index contributed by atoms with van der Waals surface area (Å²) in [4.78, 5) is 30.5. The zero-order valence-corrected chi connectivity index (χ0v) is 23.8. The van der Waals surface area contributed by atoms with Crippen LogP contribution in [-0.2, 0) is 28.7 Å². The van der Waals surface area contributed by atoms with Crippen molar-refractivity contribution in [2.24, 2.45) is 0 Å². The van der Waals surface area contributed by atoms with Gasteiger partial charge in [0.25, 0.3) is 0 Å². The number of alkyl halides is 3. The van der Waals surface area contributed by atoms with Crippen LogP contribution in [0.15, 0.2) is 84.9 Å². The minimum atomic E-state index is -4.43. The summed E-state index contributed by atoms with van der Waals surface area (Å²) in [5.74, 6) is 0.183. The molecule has 0 radical (unpaired) electrons. The Hall–Kier alpha value is -4.11. The van der Waals surface area contributed by atoms with Gasteiger partial charge in [0, 0.05) is 45.2 Å². The molecule has 3 aromatic carbocycles. The van der Waals surface area contributed by atoms with E-state index in [0.29, 0.717) is 38.2 Å². The number of amides is 2. The van der Waals surface area contributed by atoms with Crippen LogP contribution in [0.4, 0.5) is 13.2 Å². The highest BCUT2D eigenvalue weighted by molar-refractivity contribution is 5.95. The molecule has 0 saturated carbocycles. The Bertz CT molecular complexity index is 1330. The number of rotatable bonds is 10. The Morgan fingerprint density at radius 2 is 1.52 bits per heavy atom. The summed E-state index contributed by atoms with van der Waals surface area (Å²) in [7, 11) is 0. The van der Waals surface area contributed by atoms with Gasteiger partial charge < -0.3 is 15.0 Å². The molecule has 4 rings (SSSR count). The van der Waals surface area contributed by atoms with E-state index in [1.807, 2.05) is 56.3 Å². The number of hydrogen-bond acceptors (Lipinski definition) is 4. The fraction of sp³-hybridized carbons (Fsp3) is 0.333. The van der Waals surface area contributed by atoms with Gasteiger partial charge in [-0.3, -0.25) is 14.5 Å². The van der Waals surface area contributed by atoms with Crippen molar-refractivity contribution in [3.05, 3.63) is 107 Å². The van der Waals surface area contributed by atoms with Crippen molar-refractivity contribution in [3.8, 4) is 5.75 Å². The topological polar surface area (TPSA) is 61.9 Å². The monoisotopic (exact) mass is 579 g/mol. The zero-order chi connectivity index (χ0) is 30.1. The van der Waals surface area contributed by atoms with Crippen molar-refractivity contribution in [1.29, 1.82) is 0 Å². The van der Waals surface area contributed by atoms with Gasteiger partial charge in [-0.15, -0.1) is 0 Å². The molecular weight excluding hydrogens is 543 g/mol. The summed E-state index contributed by atoms with van der Waals surface area (Å²) in [6, 6.07) is 21.2. The highest BCUT2D eigenvalue weighted by Crippen LogP contribution is 2.29. The normalized spacial score (nSPS) is 15.1. The standard InChI is InChI=1S/C33H36F3N3O3/c1-24(2)42-29-15-10-27(11-16-29)23-38-18-20-39(21-19-38)32(41)30(22-26-6-4-3-5-7-26)37-31(40)17-12-25-8-13-28(14-9-25)33(34,35)36/h3-17,24,30H,18-23H2,1-2H3,(H,37,40). The van der Waals surface area contributed by atoms with Crippen LogP contribution in [0, 0.1) is 0 Å². The summed E-state index contributed by atoms with van der Waals surface area (Å²) < 4.78 is 44.2. The molecule has 42 heavy (non-hydrogen) atoms. The molecule has 2 amide bonds. The van der Waals surface area contributed by atoms with Crippen molar-refractivity contribution in [1.82, 2.24) is 15.1 Å². The van der Waals surface area contributed by atoms with E-state index in [-0.39, 0.29) is 12.0 Å². The maximum atomic E-state index is 13.6. The van der Waals surface area contributed by atoms with E-state index in [4.69, 9.17) is 4.74 Å². The van der Waals surface area contributed by atoms with Crippen LogP contribution in [0.5, 0.6) is 5.75 Å². The summed E-state index contributed by atoms with van der Waals surface area (Å²) in [5.41, 5.74) is 1.76. The van der Waals surface area contributed by atoms with Crippen LogP contribution in [0.2, 0.25) is 0 Å². The van der Waals surface area contributed by atoms with Gasteiger partial charge in [-0.1, -0.05) is 54.6 Å². The minimum Gasteiger partial charge on any atom is -0.491 e. The lowest BCUT2D eigenvalue weighted by molar-refractivity contribution is -0.137. The second-order valence-corrected chi connectivity index (χ2v) is 10.6. The van der Waals surface area contributed by atoms with E-state index < -0.39 is 23.7 Å². The lowest BCUT2D eigenvalue weighted by atomic mass is 10.0. The second kappa shape index (κ2) is 14.2. The first-order chi connectivity index (χ1) is 20.1. The van der Waals surface area contributed by atoms with E-state index in [1.165, 1.54) is 29.8 Å². The minimum absolute atomic E-state index is 0.118. The predicted octanol–water partition coefficient (Wildman–Crippen LogP) is 5.58. The fourth-order valence-electron chi connectivity index (χ4n) is 4.78. The number of halogens is 3. The Morgan fingerprint density at radius 1 is 0.881 bits per heavy atom. The molecule has 6 nitrogen and oxygen atoms in total. The van der Waals surface area contributed by atoms with Crippen molar-refractivity contribution >= 4 is 17.9 Å².